The second-order valence-corrected chi connectivity index (χ2v) is 6.92. The van der Waals surface area contributed by atoms with Crippen LogP contribution in [0.2, 0.25) is 0 Å². The van der Waals surface area contributed by atoms with Crippen LogP contribution >= 0.6 is 0 Å². The average molecular weight is 344 g/mol. The van der Waals surface area contributed by atoms with Gasteiger partial charge in [-0.15, -0.1) is 0 Å². The van der Waals surface area contributed by atoms with Gasteiger partial charge in [-0.05, 0) is 36.8 Å². The fraction of sp³-hybridized carbons (Fsp3) is 0.600. The molecule has 2 unspecified atom stereocenters. The Kier molecular flexibility index (Phi) is 5.74. The summed E-state index contributed by atoms with van der Waals surface area (Å²) in [4.78, 5) is 26.9. The van der Waals surface area contributed by atoms with Crippen molar-refractivity contribution in [1.82, 2.24) is 5.32 Å². The molecule has 2 fully saturated rings. The summed E-state index contributed by atoms with van der Waals surface area (Å²) >= 11 is 0. The van der Waals surface area contributed by atoms with Crippen LogP contribution in [0.1, 0.15) is 44.2 Å². The van der Waals surface area contributed by atoms with Crippen LogP contribution in [-0.2, 0) is 27.2 Å². The summed E-state index contributed by atoms with van der Waals surface area (Å²) in [6.45, 7) is 6.01. The predicted octanol–water partition coefficient (Wildman–Crippen LogP) is 2.46. The molecule has 2 saturated heterocycles. The number of para-hydroxylation sites is 1. The fourth-order valence-corrected chi connectivity index (χ4v) is 3.83. The molecule has 2 aliphatic rings. The van der Waals surface area contributed by atoms with Crippen LogP contribution in [0.25, 0.3) is 0 Å². The van der Waals surface area contributed by atoms with Gasteiger partial charge >= 0.3 is 0 Å². The van der Waals surface area contributed by atoms with Crippen LogP contribution < -0.4 is 10.2 Å². The van der Waals surface area contributed by atoms with Crippen LogP contribution in [0.15, 0.2) is 18.2 Å². The minimum absolute atomic E-state index is 0.0293. The van der Waals surface area contributed by atoms with E-state index in [4.69, 9.17) is 4.74 Å². The maximum Gasteiger partial charge on any atom is 0.227 e. The van der Waals surface area contributed by atoms with Gasteiger partial charge in [0.1, 0.15) is 0 Å². The number of amides is 2. The Labute approximate surface area is 149 Å². The molecule has 0 saturated carbocycles. The Balaban J connectivity index is 1.69. The number of carbonyl (C=O) groups is 2. The summed E-state index contributed by atoms with van der Waals surface area (Å²) in [5, 5.41) is 2.97. The summed E-state index contributed by atoms with van der Waals surface area (Å²) in [5.74, 6) is -0.255. The molecule has 0 aliphatic carbocycles. The predicted molar refractivity (Wildman–Crippen MR) is 97.6 cm³/mol. The molecule has 136 valence electrons. The molecule has 5 heteroatoms. The van der Waals surface area contributed by atoms with E-state index in [9.17, 15) is 9.59 Å². The topological polar surface area (TPSA) is 58.6 Å². The lowest BCUT2D eigenvalue weighted by atomic mass is 10.0. The van der Waals surface area contributed by atoms with Crippen molar-refractivity contribution in [3.8, 4) is 0 Å². The summed E-state index contributed by atoms with van der Waals surface area (Å²) in [6.07, 6.45) is 4.23. The molecule has 2 amide bonds. The summed E-state index contributed by atoms with van der Waals surface area (Å²) < 4.78 is 5.55. The van der Waals surface area contributed by atoms with E-state index >= 15 is 0 Å². The molecule has 2 atom stereocenters. The molecular weight excluding hydrogens is 316 g/mol. The molecule has 1 N–H and O–H groups in total. The summed E-state index contributed by atoms with van der Waals surface area (Å²) in [5.41, 5.74) is 3.37. The van der Waals surface area contributed by atoms with E-state index in [-0.39, 0.29) is 23.8 Å². The third kappa shape index (κ3) is 3.87. The number of carbonyl (C=O) groups excluding carboxylic acids is 2. The van der Waals surface area contributed by atoms with Gasteiger partial charge in [-0.3, -0.25) is 9.59 Å². The number of anilines is 1. The van der Waals surface area contributed by atoms with Crippen molar-refractivity contribution < 1.29 is 14.3 Å². The standard InChI is InChI=1S/C20H28N2O3/c1-3-14-7-5-8-15(4-2)19(14)22-13-16(11-18(22)23)20(24)21-12-17-9-6-10-25-17/h5,7-8,16-17H,3-4,6,9-13H2,1-2H3,(H,21,24). The van der Waals surface area contributed by atoms with E-state index in [2.05, 4.69) is 31.3 Å². The van der Waals surface area contributed by atoms with E-state index in [0.717, 1.165) is 38.0 Å². The molecule has 3 rings (SSSR count). The fourth-order valence-electron chi connectivity index (χ4n) is 3.83. The van der Waals surface area contributed by atoms with Crippen molar-refractivity contribution in [2.45, 2.75) is 52.1 Å². The van der Waals surface area contributed by atoms with Gasteiger partial charge in [0.15, 0.2) is 0 Å². The number of nitrogens with one attached hydrogen (secondary N) is 1. The molecule has 1 aromatic rings. The number of rotatable bonds is 6. The number of hydrogen-bond donors (Lipinski definition) is 1. The van der Waals surface area contributed by atoms with Gasteiger partial charge in [-0.1, -0.05) is 32.0 Å². The smallest absolute Gasteiger partial charge is 0.227 e. The van der Waals surface area contributed by atoms with Crippen molar-refractivity contribution in [1.29, 1.82) is 0 Å². The number of ether oxygens (including phenoxy) is 1. The first-order valence-corrected chi connectivity index (χ1v) is 9.44. The quantitative estimate of drug-likeness (QED) is 0.862. The van der Waals surface area contributed by atoms with Gasteiger partial charge in [-0.25, -0.2) is 0 Å². The van der Waals surface area contributed by atoms with E-state index in [1.54, 1.807) is 0 Å². The highest BCUT2D eigenvalue weighted by Crippen LogP contribution is 2.32. The van der Waals surface area contributed by atoms with Crippen molar-refractivity contribution in [2.24, 2.45) is 5.92 Å². The highest BCUT2D eigenvalue weighted by Gasteiger charge is 2.36. The van der Waals surface area contributed by atoms with E-state index < -0.39 is 0 Å². The maximum absolute atomic E-state index is 12.6. The van der Waals surface area contributed by atoms with Crippen LogP contribution in [0.3, 0.4) is 0 Å². The van der Waals surface area contributed by atoms with Crippen molar-refractivity contribution in [3.63, 3.8) is 0 Å². The SMILES string of the molecule is CCc1cccc(CC)c1N1CC(C(=O)NCC2CCCO2)CC1=O. The van der Waals surface area contributed by atoms with E-state index in [1.807, 2.05) is 11.0 Å². The minimum Gasteiger partial charge on any atom is -0.376 e. The zero-order valence-corrected chi connectivity index (χ0v) is 15.2. The lowest BCUT2D eigenvalue weighted by molar-refractivity contribution is -0.126. The Hall–Kier alpha value is -1.88. The lowest BCUT2D eigenvalue weighted by Crippen LogP contribution is -2.37. The highest BCUT2D eigenvalue weighted by atomic mass is 16.5. The molecule has 0 bridgehead atoms. The van der Waals surface area contributed by atoms with Crippen LogP contribution in [-0.4, -0.2) is 37.6 Å². The maximum atomic E-state index is 12.6. The second kappa shape index (κ2) is 8.00. The van der Waals surface area contributed by atoms with Gasteiger partial charge < -0.3 is 15.0 Å². The van der Waals surface area contributed by atoms with Gasteiger partial charge in [0.05, 0.1) is 12.0 Å². The minimum atomic E-state index is -0.275. The first-order chi connectivity index (χ1) is 12.1. The molecule has 0 spiro atoms. The Morgan fingerprint density at radius 3 is 2.60 bits per heavy atom. The Morgan fingerprint density at radius 2 is 2.00 bits per heavy atom. The third-order valence-corrected chi connectivity index (χ3v) is 5.26. The highest BCUT2D eigenvalue weighted by molar-refractivity contribution is 6.01. The number of hydrogen-bond acceptors (Lipinski definition) is 3. The average Bonchev–Trinajstić information content (AvgIpc) is 3.28. The zero-order chi connectivity index (χ0) is 17.8. The number of nitrogens with zero attached hydrogens (tertiary/aromatic N) is 1. The van der Waals surface area contributed by atoms with Crippen molar-refractivity contribution >= 4 is 17.5 Å². The molecule has 1 aromatic carbocycles. The Morgan fingerprint density at radius 1 is 1.28 bits per heavy atom. The van der Waals surface area contributed by atoms with E-state index in [1.165, 1.54) is 11.1 Å². The second-order valence-electron chi connectivity index (χ2n) is 6.92. The molecule has 25 heavy (non-hydrogen) atoms. The molecule has 2 aliphatic heterocycles. The first-order valence-electron chi connectivity index (χ1n) is 9.44. The normalized spacial score (nSPS) is 23.3. The summed E-state index contributed by atoms with van der Waals surface area (Å²) in [7, 11) is 0. The van der Waals surface area contributed by atoms with Crippen LogP contribution in [0, 0.1) is 5.92 Å². The monoisotopic (exact) mass is 344 g/mol. The van der Waals surface area contributed by atoms with Crippen molar-refractivity contribution in [2.75, 3.05) is 24.6 Å². The molecule has 0 aromatic heterocycles. The molecular formula is C20H28N2O3. The van der Waals surface area contributed by atoms with Crippen LogP contribution in [0.4, 0.5) is 5.69 Å². The van der Waals surface area contributed by atoms with Gasteiger partial charge in [0, 0.05) is 31.8 Å². The molecule has 2 heterocycles. The lowest BCUT2D eigenvalue weighted by Gasteiger charge is -2.23. The molecule has 0 radical (unpaired) electrons. The van der Waals surface area contributed by atoms with Crippen molar-refractivity contribution in [3.05, 3.63) is 29.3 Å². The largest absolute Gasteiger partial charge is 0.376 e. The third-order valence-electron chi connectivity index (χ3n) is 5.26. The summed E-state index contributed by atoms with van der Waals surface area (Å²) in [6, 6.07) is 6.20. The zero-order valence-electron chi connectivity index (χ0n) is 15.2. The molecule has 5 nitrogen and oxygen atoms in total. The van der Waals surface area contributed by atoms with Gasteiger partial charge in [-0.2, -0.15) is 0 Å². The van der Waals surface area contributed by atoms with Crippen LogP contribution in [0.5, 0.6) is 0 Å². The Bertz CT molecular complexity index is 616. The number of aryl methyl sites for hydroxylation is 2. The first kappa shape index (κ1) is 17.9. The van der Waals surface area contributed by atoms with Gasteiger partial charge in [0.25, 0.3) is 0 Å². The van der Waals surface area contributed by atoms with Gasteiger partial charge in [0.2, 0.25) is 11.8 Å². The van der Waals surface area contributed by atoms with E-state index in [0.29, 0.717) is 19.5 Å². The number of benzene rings is 1.